The first kappa shape index (κ1) is 23.4. The molecule has 0 aliphatic carbocycles. The van der Waals surface area contributed by atoms with Crippen LogP contribution in [0.4, 0.5) is 23.1 Å². The van der Waals surface area contributed by atoms with E-state index in [0.717, 1.165) is 27.8 Å². The van der Waals surface area contributed by atoms with E-state index >= 15 is 0 Å². The van der Waals surface area contributed by atoms with Gasteiger partial charge in [0.2, 0.25) is 5.95 Å². The van der Waals surface area contributed by atoms with Crippen LogP contribution in [0.5, 0.6) is 5.75 Å². The minimum absolute atomic E-state index is 0.153. The number of benzene rings is 2. The predicted octanol–water partition coefficient (Wildman–Crippen LogP) is 5.24. The van der Waals surface area contributed by atoms with Crippen molar-refractivity contribution in [1.29, 1.82) is 0 Å². The lowest BCUT2D eigenvalue weighted by atomic mass is 10.3. The fraction of sp³-hybridized carbons (Fsp3) is 0.250. The molecular formula is C24H29N5O2P2. The number of rotatable bonds is 8. The van der Waals surface area contributed by atoms with Gasteiger partial charge in [0.1, 0.15) is 17.2 Å². The first-order valence-electron chi connectivity index (χ1n) is 10.7. The normalized spacial score (nSPS) is 12.4. The number of nitrogens with one attached hydrogen (secondary N) is 3. The Morgan fingerprint density at radius 3 is 2.52 bits per heavy atom. The summed E-state index contributed by atoms with van der Waals surface area (Å²) in [6.07, 6.45) is 1.84. The van der Waals surface area contributed by atoms with Crippen molar-refractivity contribution in [2.45, 2.75) is 19.5 Å². The molecule has 2 heterocycles. The van der Waals surface area contributed by atoms with E-state index in [9.17, 15) is 4.89 Å². The molecule has 0 bridgehead atoms. The first-order chi connectivity index (χ1) is 15.9. The van der Waals surface area contributed by atoms with E-state index in [4.69, 9.17) is 9.72 Å². The highest BCUT2D eigenvalue weighted by Crippen LogP contribution is 2.38. The number of fused-ring (bicyclic) bond motifs is 1. The van der Waals surface area contributed by atoms with Crippen LogP contribution in [0.25, 0.3) is 11.0 Å². The summed E-state index contributed by atoms with van der Waals surface area (Å²) in [5.74, 6) is 1.85. The van der Waals surface area contributed by atoms with Crippen molar-refractivity contribution < 1.29 is 9.63 Å². The Balaban J connectivity index is 1.71. The highest BCUT2D eigenvalue weighted by atomic mass is 31.1. The zero-order valence-electron chi connectivity index (χ0n) is 19.4. The zero-order valence-corrected chi connectivity index (χ0v) is 21.2. The Morgan fingerprint density at radius 1 is 1.00 bits per heavy atom. The van der Waals surface area contributed by atoms with Gasteiger partial charge in [0.05, 0.1) is 26.3 Å². The Morgan fingerprint density at radius 2 is 1.79 bits per heavy atom. The van der Waals surface area contributed by atoms with Crippen LogP contribution in [0.1, 0.15) is 13.8 Å². The molecule has 1 atom stereocenters. The monoisotopic (exact) mass is 481 g/mol. The predicted molar refractivity (Wildman–Crippen MR) is 142 cm³/mol. The molecule has 0 aliphatic rings. The van der Waals surface area contributed by atoms with E-state index in [2.05, 4.69) is 46.1 Å². The highest BCUT2D eigenvalue weighted by molar-refractivity contribution is 7.64. The SMILES string of the molecule is COc1cc(P(C)C)ccc1Nc1nc(Nc2ccccc2P(O)C(C)C)c2cc[nH]c2n1. The minimum atomic E-state index is -1.29. The summed E-state index contributed by atoms with van der Waals surface area (Å²) >= 11 is 0. The minimum Gasteiger partial charge on any atom is -0.495 e. The van der Waals surface area contributed by atoms with Gasteiger partial charge in [-0.15, -0.1) is 0 Å². The Hall–Kier alpha value is -2.72. The number of anilines is 4. The fourth-order valence-electron chi connectivity index (χ4n) is 3.46. The topological polar surface area (TPSA) is 95.1 Å². The number of hydrogen-bond donors (Lipinski definition) is 4. The molecule has 4 rings (SSSR count). The molecular weight excluding hydrogens is 452 g/mol. The third kappa shape index (κ3) is 5.11. The third-order valence-electron chi connectivity index (χ3n) is 5.26. The maximum absolute atomic E-state index is 10.8. The Kier molecular flexibility index (Phi) is 7.14. The number of nitrogens with zero attached hydrogens (tertiary/aromatic N) is 2. The van der Waals surface area contributed by atoms with E-state index in [-0.39, 0.29) is 13.6 Å². The fourth-order valence-corrected chi connectivity index (χ4v) is 5.38. The summed E-state index contributed by atoms with van der Waals surface area (Å²) in [6, 6.07) is 15.9. The lowest BCUT2D eigenvalue weighted by Gasteiger charge is -2.19. The molecule has 0 saturated heterocycles. The lowest BCUT2D eigenvalue weighted by molar-refractivity contribution is 0.417. The van der Waals surface area contributed by atoms with Gasteiger partial charge in [0, 0.05) is 22.8 Å². The summed E-state index contributed by atoms with van der Waals surface area (Å²) in [5, 5.41) is 9.77. The second-order valence-electron chi connectivity index (χ2n) is 8.12. The maximum atomic E-state index is 10.8. The second kappa shape index (κ2) is 10.0. The van der Waals surface area contributed by atoms with E-state index in [1.807, 2.05) is 56.4 Å². The lowest BCUT2D eigenvalue weighted by Crippen LogP contribution is -2.13. The third-order valence-corrected chi connectivity index (χ3v) is 8.43. The van der Waals surface area contributed by atoms with Crippen molar-refractivity contribution in [3.05, 3.63) is 54.7 Å². The number of hydrogen-bond acceptors (Lipinski definition) is 6. The molecule has 2 aromatic heterocycles. The van der Waals surface area contributed by atoms with Gasteiger partial charge in [-0.25, -0.2) is 0 Å². The van der Waals surface area contributed by atoms with Crippen molar-refractivity contribution in [2.24, 2.45) is 0 Å². The van der Waals surface area contributed by atoms with Crippen LogP contribution in [0.2, 0.25) is 0 Å². The molecule has 4 aromatic rings. The molecule has 0 aliphatic heterocycles. The smallest absolute Gasteiger partial charge is 0.231 e. The van der Waals surface area contributed by atoms with E-state index in [1.165, 1.54) is 5.30 Å². The number of aromatic amines is 1. The van der Waals surface area contributed by atoms with Gasteiger partial charge in [-0.3, -0.25) is 0 Å². The molecule has 0 saturated carbocycles. The molecule has 172 valence electrons. The molecule has 33 heavy (non-hydrogen) atoms. The molecule has 0 radical (unpaired) electrons. The highest BCUT2D eigenvalue weighted by Gasteiger charge is 2.18. The molecule has 1 unspecified atom stereocenters. The number of H-pyrrole nitrogens is 1. The van der Waals surface area contributed by atoms with Gasteiger partial charge < -0.3 is 25.2 Å². The average Bonchev–Trinajstić information content (AvgIpc) is 3.28. The summed E-state index contributed by atoms with van der Waals surface area (Å²) < 4.78 is 5.61. The van der Waals surface area contributed by atoms with Gasteiger partial charge in [0.15, 0.2) is 0 Å². The first-order valence-corrected chi connectivity index (χ1v) is 14.3. The van der Waals surface area contributed by atoms with Crippen LogP contribution in [-0.2, 0) is 0 Å². The van der Waals surface area contributed by atoms with Crippen molar-refractivity contribution in [3.8, 4) is 5.75 Å². The molecule has 0 amide bonds. The Labute approximate surface area is 196 Å². The van der Waals surface area contributed by atoms with Crippen LogP contribution in [-0.4, -0.2) is 45.9 Å². The maximum Gasteiger partial charge on any atom is 0.231 e. The largest absolute Gasteiger partial charge is 0.495 e. The summed E-state index contributed by atoms with van der Waals surface area (Å²) in [7, 11) is 0.149. The van der Waals surface area contributed by atoms with Crippen LogP contribution in [0.3, 0.4) is 0 Å². The van der Waals surface area contributed by atoms with Crippen molar-refractivity contribution in [1.82, 2.24) is 15.0 Å². The van der Waals surface area contributed by atoms with Gasteiger partial charge in [-0.05, 0) is 42.9 Å². The summed E-state index contributed by atoms with van der Waals surface area (Å²) in [6.45, 7) is 8.48. The molecule has 2 aromatic carbocycles. The zero-order chi connectivity index (χ0) is 23.5. The molecule has 0 spiro atoms. The number of methoxy groups -OCH3 is 1. The summed E-state index contributed by atoms with van der Waals surface area (Å²) in [4.78, 5) is 23.3. The van der Waals surface area contributed by atoms with Crippen LogP contribution >= 0.6 is 16.1 Å². The van der Waals surface area contributed by atoms with Crippen molar-refractivity contribution >= 4 is 60.9 Å². The summed E-state index contributed by atoms with van der Waals surface area (Å²) in [5.41, 5.74) is 2.51. The van der Waals surface area contributed by atoms with Crippen molar-refractivity contribution in [3.63, 3.8) is 0 Å². The van der Waals surface area contributed by atoms with Gasteiger partial charge in [-0.2, -0.15) is 9.97 Å². The standard InChI is InChI=1S/C24H29N5O2P2/c1-15(2)33(30)21-9-7-6-8-19(21)26-23-17-12-13-25-22(17)28-24(29-23)27-18-11-10-16(32(4)5)14-20(18)31-3/h6-15,30H,1-5H3,(H3,25,26,27,28,29). The molecule has 0 fully saturated rings. The van der Waals surface area contributed by atoms with E-state index < -0.39 is 8.15 Å². The number of ether oxygens (including phenoxy) is 1. The van der Waals surface area contributed by atoms with E-state index in [1.54, 1.807) is 7.11 Å². The molecule has 7 nitrogen and oxygen atoms in total. The quantitative estimate of drug-likeness (QED) is 0.257. The van der Waals surface area contributed by atoms with Crippen molar-refractivity contribution in [2.75, 3.05) is 31.1 Å². The number of aromatic nitrogens is 3. The van der Waals surface area contributed by atoms with Crippen LogP contribution in [0, 0.1) is 0 Å². The van der Waals surface area contributed by atoms with Crippen LogP contribution in [0.15, 0.2) is 54.7 Å². The van der Waals surface area contributed by atoms with Crippen LogP contribution < -0.4 is 26.0 Å². The molecule has 9 heteroatoms. The average molecular weight is 481 g/mol. The second-order valence-corrected chi connectivity index (χ2v) is 12.6. The molecule has 4 N–H and O–H groups in total. The van der Waals surface area contributed by atoms with Gasteiger partial charge in [-0.1, -0.05) is 46.0 Å². The van der Waals surface area contributed by atoms with Gasteiger partial charge in [0.25, 0.3) is 0 Å². The Bertz CT molecular complexity index is 1260. The van der Waals surface area contributed by atoms with Gasteiger partial charge >= 0.3 is 0 Å². The number of para-hydroxylation sites is 1. The van der Waals surface area contributed by atoms with E-state index in [0.29, 0.717) is 17.4 Å².